The minimum atomic E-state index is -0.316. The van der Waals surface area contributed by atoms with E-state index in [9.17, 15) is 4.79 Å². The van der Waals surface area contributed by atoms with Crippen molar-refractivity contribution in [1.82, 2.24) is 9.97 Å². The van der Waals surface area contributed by atoms with Crippen molar-refractivity contribution in [3.63, 3.8) is 0 Å². The van der Waals surface area contributed by atoms with Crippen molar-refractivity contribution in [2.24, 2.45) is 0 Å². The number of aromatic nitrogens is 2. The molecule has 1 rings (SSSR count). The molecule has 1 heterocycles. The number of carbonyl (C=O) groups excluding carboxylic acids is 1. The van der Waals surface area contributed by atoms with Crippen molar-refractivity contribution < 1.29 is 9.53 Å². The number of carbonyl (C=O) groups is 1. The Bertz CT molecular complexity index is 301. The number of nitrogen functional groups attached to an aromatic ring is 1. The second-order valence-corrected chi connectivity index (χ2v) is 2.42. The van der Waals surface area contributed by atoms with E-state index in [1.165, 1.54) is 12.5 Å². The van der Waals surface area contributed by atoms with Gasteiger partial charge in [-0.3, -0.25) is 4.79 Å². The Morgan fingerprint density at radius 3 is 3.08 bits per heavy atom. The van der Waals surface area contributed by atoms with E-state index in [4.69, 9.17) is 10.5 Å². The van der Waals surface area contributed by atoms with Gasteiger partial charge in [0.2, 0.25) is 0 Å². The lowest BCUT2D eigenvalue weighted by Crippen LogP contribution is -2.10. The summed E-state index contributed by atoms with van der Waals surface area (Å²) in [4.78, 5) is 18.5. The van der Waals surface area contributed by atoms with E-state index in [0.29, 0.717) is 18.0 Å². The molecule has 5 nitrogen and oxygen atoms in total. The van der Waals surface area contributed by atoms with Crippen molar-refractivity contribution in [2.75, 3.05) is 12.3 Å². The summed E-state index contributed by atoms with van der Waals surface area (Å²) in [5.74, 6) is 0.00653. The van der Waals surface area contributed by atoms with Crippen LogP contribution in [-0.2, 0) is 16.0 Å². The SMILES string of the molecule is CCOC(=O)Cc1cncnc1N. The number of nitrogens with two attached hydrogens (primary N) is 1. The second kappa shape index (κ2) is 4.39. The third kappa shape index (κ3) is 2.70. The van der Waals surface area contributed by atoms with Gasteiger partial charge in [0, 0.05) is 11.8 Å². The third-order valence-electron chi connectivity index (χ3n) is 1.46. The molecule has 0 aliphatic heterocycles. The molecule has 70 valence electrons. The smallest absolute Gasteiger partial charge is 0.310 e. The predicted octanol–water partition coefficient (Wildman–Crippen LogP) is 0.164. The average Bonchev–Trinajstić information content (AvgIpc) is 2.09. The fourth-order valence-corrected chi connectivity index (χ4v) is 0.872. The Morgan fingerprint density at radius 2 is 2.46 bits per heavy atom. The highest BCUT2D eigenvalue weighted by Crippen LogP contribution is 2.06. The van der Waals surface area contributed by atoms with E-state index in [1.807, 2.05) is 0 Å². The van der Waals surface area contributed by atoms with Gasteiger partial charge in [0.15, 0.2) is 0 Å². The molecule has 0 atom stereocenters. The topological polar surface area (TPSA) is 78.1 Å². The van der Waals surface area contributed by atoms with Crippen LogP contribution in [0.25, 0.3) is 0 Å². The summed E-state index contributed by atoms with van der Waals surface area (Å²) >= 11 is 0. The van der Waals surface area contributed by atoms with Crippen LogP contribution in [0.15, 0.2) is 12.5 Å². The van der Waals surface area contributed by atoms with Gasteiger partial charge in [0.1, 0.15) is 12.1 Å². The third-order valence-corrected chi connectivity index (χ3v) is 1.46. The molecule has 0 saturated heterocycles. The number of hydrogen-bond acceptors (Lipinski definition) is 5. The minimum absolute atomic E-state index is 0.126. The number of nitrogens with zero attached hydrogens (tertiary/aromatic N) is 2. The van der Waals surface area contributed by atoms with E-state index in [1.54, 1.807) is 6.92 Å². The molecule has 0 aliphatic carbocycles. The molecule has 13 heavy (non-hydrogen) atoms. The van der Waals surface area contributed by atoms with Crippen LogP contribution in [0.4, 0.5) is 5.82 Å². The highest BCUT2D eigenvalue weighted by atomic mass is 16.5. The summed E-state index contributed by atoms with van der Waals surface area (Å²) in [6.45, 7) is 2.12. The highest BCUT2D eigenvalue weighted by molar-refractivity contribution is 5.73. The first-order valence-electron chi connectivity index (χ1n) is 3.94. The van der Waals surface area contributed by atoms with E-state index in [2.05, 4.69) is 9.97 Å². The molecule has 0 aromatic carbocycles. The molecular weight excluding hydrogens is 170 g/mol. The normalized spacial score (nSPS) is 9.62. The van der Waals surface area contributed by atoms with Crippen molar-refractivity contribution in [3.05, 3.63) is 18.1 Å². The Balaban J connectivity index is 2.63. The molecule has 0 fully saturated rings. The zero-order chi connectivity index (χ0) is 9.68. The van der Waals surface area contributed by atoms with E-state index in [-0.39, 0.29) is 12.4 Å². The van der Waals surface area contributed by atoms with Crippen LogP contribution in [0.5, 0.6) is 0 Å². The van der Waals surface area contributed by atoms with Crippen LogP contribution in [0.3, 0.4) is 0 Å². The Morgan fingerprint density at radius 1 is 1.69 bits per heavy atom. The van der Waals surface area contributed by atoms with Gasteiger partial charge < -0.3 is 10.5 Å². The predicted molar refractivity (Wildman–Crippen MR) is 46.8 cm³/mol. The van der Waals surface area contributed by atoms with Crippen LogP contribution in [-0.4, -0.2) is 22.5 Å². The van der Waals surface area contributed by atoms with Gasteiger partial charge in [-0.1, -0.05) is 0 Å². The number of esters is 1. The molecule has 1 aromatic rings. The Kier molecular flexibility index (Phi) is 3.19. The quantitative estimate of drug-likeness (QED) is 0.672. The first kappa shape index (κ1) is 9.44. The van der Waals surface area contributed by atoms with Crippen molar-refractivity contribution >= 4 is 11.8 Å². The number of ether oxygens (including phenoxy) is 1. The van der Waals surface area contributed by atoms with Gasteiger partial charge in [-0.05, 0) is 6.92 Å². The van der Waals surface area contributed by atoms with Gasteiger partial charge in [-0.15, -0.1) is 0 Å². The largest absolute Gasteiger partial charge is 0.466 e. The first-order chi connectivity index (χ1) is 6.24. The highest BCUT2D eigenvalue weighted by Gasteiger charge is 2.07. The maximum Gasteiger partial charge on any atom is 0.310 e. The van der Waals surface area contributed by atoms with Crippen molar-refractivity contribution in [1.29, 1.82) is 0 Å². The summed E-state index contributed by atoms with van der Waals surface area (Å²) in [5, 5.41) is 0. The van der Waals surface area contributed by atoms with Crippen molar-refractivity contribution in [3.8, 4) is 0 Å². The van der Waals surface area contributed by atoms with Crippen LogP contribution < -0.4 is 5.73 Å². The first-order valence-corrected chi connectivity index (χ1v) is 3.94. The summed E-state index contributed by atoms with van der Waals surface area (Å²) < 4.78 is 4.75. The maximum absolute atomic E-state index is 11.0. The van der Waals surface area contributed by atoms with Gasteiger partial charge in [-0.2, -0.15) is 0 Å². The summed E-state index contributed by atoms with van der Waals surface area (Å²) in [5.41, 5.74) is 6.10. The van der Waals surface area contributed by atoms with Crippen LogP contribution in [0.1, 0.15) is 12.5 Å². The monoisotopic (exact) mass is 181 g/mol. The number of hydrogen-bond donors (Lipinski definition) is 1. The van der Waals surface area contributed by atoms with Crippen LogP contribution >= 0.6 is 0 Å². The lowest BCUT2D eigenvalue weighted by molar-refractivity contribution is -0.142. The molecule has 0 aliphatic rings. The summed E-state index contributed by atoms with van der Waals surface area (Å²) in [7, 11) is 0. The molecule has 0 unspecified atom stereocenters. The van der Waals surface area contributed by atoms with Crippen LogP contribution in [0.2, 0.25) is 0 Å². The molecule has 1 aromatic heterocycles. The number of anilines is 1. The van der Waals surface area contributed by atoms with E-state index >= 15 is 0 Å². The molecule has 0 spiro atoms. The summed E-state index contributed by atoms with van der Waals surface area (Å²) in [6, 6.07) is 0. The standard InChI is InChI=1S/C8H11N3O2/c1-2-13-7(12)3-6-4-10-5-11-8(6)9/h4-5H,2-3H2,1H3,(H2,9,10,11). The zero-order valence-electron chi connectivity index (χ0n) is 7.36. The molecule has 0 radical (unpaired) electrons. The molecule has 2 N–H and O–H groups in total. The fourth-order valence-electron chi connectivity index (χ4n) is 0.872. The lowest BCUT2D eigenvalue weighted by atomic mass is 10.2. The lowest BCUT2D eigenvalue weighted by Gasteiger charge is -2.02. The average molecular weight is 181 g/mol. The molecular formula is C8H11N3O2. The summed E-state index contributed by atoms with van der Waals surface area (Å²) in [6.07, 6.45) is 2.98. The molecule has 0 bridgehead atoms. The Hall–Kier alpha value is -1.65. The molecule has 0 saturated carbocycles. The van der Waals surface area contributed by atoms with E-state index < -0.39 is 0 Å². The van der Waals surface area contributed by atoms with Gasteiger partial charge in [-0.25, -0.2) is 9.97 Å². The van der Waals surface area contributed by atoms with Crippen molar-refractivity contribution in [2.45, 2.75) is 13.3 Å². The number of rotatable bonds is 3. The van der Waals surface area contributed by atoms with E-state index in [0.717, 1.165) is 0 Å². The van der Waals surface area contributed by atoms with Gasteiger partial charge >= 0.3 is 5.97 Å². The Labute approximate surface area is 75.9 Å². The minimum Gasteiger partial charge on any atom is -0.466 e. The zero-order valence-corrected chi connectivity index (χ0v) is 7.36. The van der Waals surface area contributed by atoms with Gasteiger partial charge in [0.25, 0.3) is 0 Å². The van der Waals surface area contributed by atoms with Crippen LogP contribution in [0, 0.1) is 0 Å². The molecule has 5 heteroatoms. The molecule has 0 amide bonds. The second-order valence-electron chi connectivity index (χ2n) is 2.42. The maximum atomic E-state index is 11.0. The van der Waals surface area contributed by atoms with Gasteiger partial charge in [0.05, 0.1) is 13.0 Å². The fraction of sp³-hybridized carbons (Fsp3) is 0.375.